The number of urea groups is 1. The van der Waals surface area contributed by atoms with Crippen LogP contribution in [0, 0.1) is 5.92 Å². The zero-order valence-corrected chi connectivity index (χ0v) is 13.8. The largest absolute Gasteiger partial charge is 0.469 e. The van der Waals surface area contributed by atoms with Gasteiger partial charge in [-0.3, -0.25) is 4.79 Å². The molecule has 1 aliphatic rings. The number of hydrogen-bond donors (Lipinski definition) is 1. The molecule has 0 aliphatic carbocycles. The van der Waals surface area contributed by atoms with Crippen LogP contribution in [0.2, 0.25) is 0 Å². The van der Waals surface area contributed by atoms with Crippen molar-refractivity contribution in [2.75, 3.05) is 26.7 Å². The minimum Gasteiger partial charge on any atom is -0.469 e. The van der Waals surface area contributed by atoms with Gasteiger partial charge in [-0.1, -0.05) is 30.3 Å². The number of likely N-dealkylation sites (tertiary alicyclic amines) is 1. The second-order valence-corrected chi connectivity index (χ2v) is 6.03. The first-order valence-corrected chi connectivity index (χ1v) is 8.32. The molecule has 1 heterocycles. The molecule has 0 aromatic heterocycles. The van der Waals surface area contributed by atoms with Crippen molar-refractivity contribution in [3.8, 4) is 0 Å². The summed E-state index contributed by atoms with van der Waals surface area (Å²) in [6.07, 6.45) is 4.14. The third kappa shape index (κ3) is 5.93. The van der Waals surface area contributed by atoms with E-state index in [1.54, 1.807) is 0 Å². The smallest absolute Gasteiger partial charge is 0.317 e. The molecule has 126 valence electrons. The van der Waals surface area contributed by atoms with E-state index < -0.39 is 0 Å². The molecule has 0 bridgehead atoms. The molecule has 2 amide bonds. The van der Waals surface area contributed by atoms with Crippen LogP contribution in [0.3, 0.4) is 0 Å². The van der Waals surface area contributed by atoms with Crippen LogP contribution in [-0.4, -0.2) is 43.6 Å². The molecule has 5 nitrogen and oxygen atoms in total. The zero-order chi connectivity index (χ0) is 16.5. The molecule has 1 aromatic carbocycles. The van der Waals surface area contributed by atoms with E-state index in [1.165, 1.54) is 12.7 Å². The van der Waals surface area contributed by atoms with Crippen LogP contribution in [0.15, 0.2) is 30.3 Å². The molecule has 1 saturated heterocycles. The highest BCUT2D eigenvalue weighted by molar-refractivity contribution is 5.74. The molecule has 0 radical (unpaired) electrons. The van der Waals surface area contributed by atoms with Crippen molar-refractivity contribution in [2.24, 2.45) is 5.92 Å². The monoisotopic (exact) mass is 318 g/mol. The average Bonchev–Trinajstić information content (AvgIpc) is 2.60. The van der Waals surface area contributed by atoms with Crippen LogP contribution in [0.1, 0.15) is 31.2 Å². The Kier molecular flexibility index (Phi) is 6.91. The third-order valence-electron chi connectivity index (χ3n) is 4.33. The van der Waals surface area contributed by atoms with Crippen molar-refractivity contribution in [3.05, 3.63) is 35.9 Å². The van der Waals surface area contributed by atoms with E-state index in [2.05, 4.69) is 34.3 Å². The van der Waals surface area contributed by atoms with Crippen LogP contribution < -0.4 is 5.32 Å². The molecular weight excluding hydrogens is 292 g/mol. The standard InChI is InChI=1S/C18H26N2O3/c1-23-17(21)8-5-11-19-18(22)20-12-9-16(10-13-20)14-15-6-3-2-4-7-15/h2-4,6-7,16H,5,8-14H2,1H3,(H,19,22). The fourth-order valence-corrected chi connectivity index (χ4v) is 2.93. The van der Waals surface area contributed by atoms with Crippen LogP contribution >= 0.6 is 0 Å². The van der Waals surface area contributed by atoms with Gasteiger partial charge >= 0.3 is 12.0 Å². The Labute approximate surface area is 138 Å². The molecule has 23 heavy (non-hydrogen) atoms. The summed E-state index contributed by atoms with van der Waals surface area (Å²) in [7, 11) is 1.38. The van der Waals surface area contributed by atoms with Gasteiger partial charge in [0.15, 0.2) is 0 Å². The first-order chi connectivity index (χ1) is 11.2. The maximum absolute atomic E-state index is 12.1. The van der Waals surface area contributed by atoms with E-state index in [4.69, 9.17) is 0 Å². The Morgan fingerprint density at radius 3 is 2.57 bits per heavy atom. The summed E-state index contributed by atoms with van der Waals surface area (Å²) >= 11 is 0. The number of carbonyl (C=O) groups excluding carboxylic acids is 2. The van der Waals surface area contributed by atoms with E-state index in [9.17, 15) is 9.59 Å². The van der Waals surface area contributed by atoms with E-state index in [1.807, 2.05) is 11.0 Å². The molecule has 2 rings (SSSR count). The van der Waals surface area contributed by atoms with Gasteiger partial charge in [-0.25, -0.2) is 4.79 Å². The van der Waals surface area contributed by atoms with Crippen molar-refractivity contribution in [2.45, 2.75) is 32.1 Å². The van der Waals surface area contributed by atoms with Crippen molar-refractivity contribution in [1.82, 2.24) is 10.2 Å². The van der Waals surface area contributed by atoms with Crippen molar-refractivity contribution in [3.63, 3.8) is 0 Å². The maximum Gasteiger partial charge on any atom is 0.317 e. The summed E-state index contributed by atoms with van der Waals surface area (Å²) in [6, 6.07) is 10.5. The van der Waals surface area contributed by atoms with Gasteiger partial charge in [0.05, 0.1) is 7.11 Å². The Morgan fingerprint density at radius 1 is 1.22 bits per heavy atom. The van der Waals surface area contributed by atoms with Crippen LogP contribution in [0.5, 0.6) is 0 Å². The second kappa shape index (κ2) is 9.18. The molecule has 0 spiro atoms. The Morgan fingerprint density at radius 2 is 1.91 bits per heavy atom. The van der Waals surface area contributed by atoms with Crippen LogP contribution in [-0.2, 0) is 16.0 Å². The molecule has 1 N–H and O–H groups in total. The minimum atomic E-state index is -0.235. The highest BCUT2D eigenvalue weighted by Crippen LogP contribution is 2.21. The average molecular weight is 318 g/mol. The summed E-state index contributed by atoms with van der Waals surface area (Å²) in [5.41, 5.74) is 1.37. The van der Waals surface area contributed by atoms with Crippen molar-refractivity contribution in [1.29, 1.82) is 0 Å². The fraction of sp³-hybridized carbons (Fsp3) is 0.556. The van der Waals surface area contributed by atoms with Gasteiger partial charge in [0, 0.05) is 26.1 Å². The lowest BCUT2D eigenvalue weighted by Gasteiger charge is -2.32. The number of nitrogens with one attached hydrogen (secondary N) is 1. The Balaban J connectivity index is 1.63. The lowest BCUT2D eigenvalue weighted by atomic mass is 9.90. The second-order valence-electron chi connectivity index (χ2n) is 6.03. The number of piperidine rings is 1. The highest BCUT2D eigenvalue weighted by atomic mass is 16.5. The number of nitrogens with zero attached hydrogens (tertiary/aromatic N) is 1. The predicted octanol–water partition coefficient (Wildman–Crippen LogP) is 2.60. The van der Waals surface area contributed by atoms with Gasteiger partial charge in [-0.15, -0.1) is 0 Å². The maximum atomic E-state index is 12.1. The summed E-state index contributed by atoms with van der Waals surface area (Å²) in [4.78, 5) is 24.9. The number of esters is 1. The fourth-order valence-electron chi connectivity index (χ4n) is 2.93. The first kappa shape index (κ1) is 17.3. The van der Waals surface area contributed by atoms with Gasteiger partial charge in [0.25, 0.3) is 0 Å². The molecule has 0 atom stereocenters. The van der Waals surface area contributed by atoms with Gasteiger partial charge in [0.2, 0.25) is 0 Å². The molecule has 0 saturated carbocycles. The highest BCUT2D eigenvalue weighted by Gasteiger charge is 2.22. The van der Waals surface area contributed by atoms with E-state index >= 15 is 0 Å². The van der Waals surface area contributed by atoms with Crippen LogP contribution in [0.25, 0.3) is 0 Å². The van der Waals surface area contributed by atoms with E-state index in [-0.39, 0.29) is 12.0 Å². The van der Waals surface area contributed by atoms with Gasteiger partial charge in [-0.05, 0) is 37.2 Å². The number of methoxy groups -OCH3 is 1. The number of rotatable bonds is 6. The van der Waals surface area contributed by atoms with Crippen molar-refractivity contribution < 1.29 is 14.3 Å². The first-order valence-electron chi connectivity index (χ1n) is 8.32. The molecule has 1 fully saturated rings. The van der Waals surface area contributed by atoms with Gasteiger partial charge < -0.3 is 15.0 Å². The lowest BCUT2D eigenvalue weighted by molar-refractivity contribution is -0.140. The Hall–Kier alpha value is -2.04. The molecular formula is C18H26N2O3. The lowest BCUT2D eigenvalue weighted by Crippen LogP contribution is -2.45. The quantitative estimate of drug-likeness (QED) is 0.648. The summed E-state index contributed by atoms with van der Waals surface area (Å²) in [5.74, 6) is 0.418. The number of amides is 2. The van der Waals surface area contributed by atoms with Crippen LogP contribution in [0.4, 0.5) is 4.79 Å². The summed E-state index contributed by atoms with van der Waals surface area (Å²) < 4.78 is 4.57. The number of hydrogen-bond acceptors (Lipinski definition) is 3. The molecule has 1 aliphatic heterocycles. The van der Waals surface area contributed by atoms with Gasteiger partial charge in [-0.2, -0.15) is 0 Å². The summed E-state index contributed by atoms with van der Waals surface area (Å²) in [5, 5.41) is 2.88. The topological polar surface area (TPSA) is 58.6 Å². The Bertz CT molecular complexity index is 496. The number of carbonyl (C=O) groups is 2. The molecule has 0 unspecified atom stereocenters. The molecule has 1 aromatic rings. The zero-order valence-electron chi connectivity index (χ0n) is 13.8. The van der Waals surface area contributed by atoms with Gasteiger partial charge in [0.1, 0.15) is 0 Å². The van der Waals surface area contributed by atoms with Crippen molar-refractivity contribution >= 4 is 12.0 Å². The van der Waals surface area contributed by atoms with E-state index in [0.29, 0.717) is 25.3 Å². The summed E-state index contributed by atoms with van der Waals surface area (Å²) in [6.45, 7) is 2.12. The minimum absolute atomic E-state index is 0.0203. The predicted molar refractivity (Wildman–Crippen MR) is 89.1 cm³/mol. The SMILES string of the molecule is COC(=O)CCCNC(=O)N1CCC(Cc2ccccc2)CC1. The third-order valence-corrected chi connectivity index (χ3v) is 4.33. The normalized spacial score (nSPS) is 15.3. The number of ether oxygens (including phenoxy) is 1. The number of benzene rings is 1. The molecule has 5 heteroatoms. The van der Waals surface area contributed by atoms with E-state index in [0.717, 1.165) is 32.4 Å².